The zero-order valence-electron chi connectivity index (χ0n) is 25.0. The first-order valence-corrected chi connectivity index (χ1v) is 15.2. The largest absolute Gasteiger partial charge is 0.496 e. The van der Waals surface area contributed by atoms with Crippen LogP contribution in [0.4, 0.5) is 4.79 Å². The summed E-state index contributed by atoms with van der Waals surface area (Å²) in [6, 6.07) is 16.3. The van der Waals surface area contributed by atoms with Gasteiger partial charge in [0.25, 0.3) is 0 Å². The summed E-state index contributed by atoms with van der Waals surface area (Å²) in [6.45, 7) is 0.253. The second kappa shape index (κ2) is 12.8. The van der Waals surface area contributed by atoms with Gasteiger partial charge in [-0.1, -0.05) is 53.5 Å². The summed E-state index contributed by atoms with van der Waals surface area (Å²) in [7, 11) is 3.35. The zero-order chi connectivity index (χ0) is 32.5. The van der Waals surface area contributed by atoms with Crippen LogP contribution in [0.5, 0.6) is 5.75 Å². The summed E-state index contributed by atoms with van der Waals surface area (Å²) >= 11 is 14.0. The van der Waals surface area contributed by atoms with E-state index in [1.54, 1.807) is 35.2 Å². The Kier molecular flexibility index (Phi) is 8.66. The van der Waals surface area contributed by atoms with Gasteiger partial charge < -0.3 is 24.6 Å². The molecule has 0 radical (unpaired) electrons. The maximum absolute atomic E-state index is 12.0. The van der Waals surface area contributed by atoms with Gasteiger partial charge in [-0.2, -0.15) is 0 Å². The number of rotatable bonds is 9. The number of amides is 2. The first kappa shape index (κ1) is 31.1. The summed E-state index contributed by atoms with van der Waals surface area (Å²) in [6.07, 6.45) is 4.10. The summed E-state index contributed by atoms with van der Waals surface area (Å²) < 4.78 is 7.46. The van der Waals surface area contributed by atoms with Crippen molar-refractivity contribution in [2.24, 2.45) is 7.05 Å². The van der Waals surface area contributed by atoms with Gasteiger partial charge in [0.15, 0.2) is 6.29 Å². The molecule has 0 bridgehead atoms. The molecule has 1 fully saturated rings. The summed E-state index contributed by atoms with van der Waals surface area (Å²) in [5, 5.41) is 14.2. The molecule has 0 aliphatic carbocycles. The molecule has 10 nitrogen and oxygen atoms in total. The topological polar surface area (TPSA) is 127 Å². The summed E-state index contributed by atoms with van der Waals surface area (Å²) in [5.41, 5.74) is 5.77. The highest BCUT2D eigenvalue weighted by Crippen LogP contribution is 2.42. The molecule has 0 spiro atoms. The first-order chi connectivity index (χ1) is 22.2. The van der Waals surface area contributed by atoms with Gasteiger partial charge in [-0.15, -0.1) is 0 Å². The standard InChI is InChI=1S/C34H29Cl2N5O5/c1-40-15-21(18-42)23-9-10-27(39-33(23)40)26-5-3-4-24(30(26)35)25-12-13-37-32(31(25)36)19-6-7-20(28(14-19)46-2)16-41(34(44)45)17-22-8-11-29(43)38-22/h3-7,9-10,12-15,18,22H,8,11,16-17H2,1-2H3,(H,38,43)(H,44,45). The third-order valence-electron chi connectivity index (χ3n) is 8.15. The molecular weight excluding hydrogens is 629 g/mol. The van der Waals surface area contributed by atoms with Crippen molar-refractivity contribution < 1.29 is 24.2 Å². The van der Waals surface area contributed by atoms with E-state index in [1.807, 2.05) is 43.4 Å². The van der Waals surface area contributed by atoms with Crippen LogP contribution in [-0.4, -0.2) is 62.5 Å². The summed E-state index contributed by atoms with van der Waals surface area (Å²) in [5.74, 6) is 0.402. The van der Waals surface area contributed by atoms with Gasteiger partial charge in [0.05, 0.1) is 35.1 Å². The third-order valence-corrected chi connectivity index (χ3v) is 8.94. The highest BCUT2D eigenvalue weighted by Gasteiger charge is 2.26. The molecule has 1 aliphatic heterocycles. The van der Waals surface area contributed by atoms with Gasteiger partial charge in [0.1, 0.15) is 11.4 Å². The van der Waals surface area contributed by atoms with Gasteiger partial charge in [-0.3, -0.25) is 14.6 Å². The van der Waals surface area contributed by atoms with E-state index in [9.17, 15) is 19.5 Å². The molecule has 5 aromatic rings. The lowest BCUT2D eigenvalue weighted by Gasteiger charge is -2.24. The second-order valence-corrected chi connectivity index (χ2v) is 11.8. The fraction of sp³-hybridized carbons (Fsp3) is 0.206. The number of hydrogen-bond acceptors (Lipinski definition) is 6. The maximum atomic E-state index is 12.0. The molecule has 1 unspecified atom stereocenters. The average Bonchev–Trinajstić information content (AvgIpc) is 3.62. The Hall–Kier alpha value is -4.93. The fourth-order valence-electron chi connectivity index (χ4n) is 5.84. The number of halogens is 2. The van der Waals surface area contributed by atoms with Crippen LogP contribution < -0.4 is 10.1 Å². The SMILES string of the molecule is COc1cc(-c2nccc(-c3cccc(-c4ccc5c(C=O)cn(C)c5n4)c3Cl)c2Cl)ccc1CN(CC1CCC(=O)N1)C(=O)O. The lowest BCUT2D eigenvalue weighted by Crippen LogP contribution is -2.41. The van der Waals surface area contributed by atoms with Crippen molar-refractivity contribution in [3.63, 3.8) is 0 Å². The van der Waals surface area contributed by atoms with E-state index < -0.39 is 6.09 Å². The number of aldehydes is 1. The van der Waals surface area contributed by atoms with Crippen molar-refractivity contribution in [2.75, 3.05) is 13.7 Å². The lowest BCUT2D eigenvalue weighted by molar-refractivity contribution is -0.119. The Morgan fingerprint density at radius 1 is 1.13 bits per heavy atom. The minimum atomic E-state index is -1.09. The quantitative estimate of drug-likeness (QED) is 0.166. The number of fused-ring (bicyclic) bond motifs is 1. The van der Waals surface area contributed by atoms with Crippen LogP contribution in [0.3, 0.4) is 0 Å². The van der Waals surface area contributed by atoms with Gasteiger partial charge in [-0.25, -0.2) is 9.78 Å². The van der Waals surface area contributed by atoms with Crippen LogP contribution in [-0.2, 0) is 18.4 Å². The number of ether oxygens (including phenoxy) is 1. The van der Waals surface area contributed by atoms with Crippen molar-refractivity contribution in [3.8, 4) is 39.4 Å². The summed E-state index contributed by atoms with van der Waals surface area (Å²) in [4.78, 5) is 45.7. The molecule has 2 N–H and O–H groups in total. The maximum Gasteiger partial charge on any atom is 0.407 e. The number of nitrogens with one attached hydrogen (secondary N) is 1. The van der Waals surface area contributed by atoms with Gasteiger partial charge in [0.2, 0.25) is 5.91 Å². The Morgan fingerprint density at radius 2 is 1.91 bits per heavy atom. The van der Waals surface area contributed by atoms with Crippen LogP contribution in [0.25, 0.3) is 44.7 Å². The number of hydrogen-bond donors (Lipinski definition) is 2. The molecule has 3 aromatic heterocycles. The molecule has 4 heterocycles. The minimum Gasteiger partial charge on any atom is -0.496 e. The van der Waals surface area contributed by atoms with Crippen molar-refractivity contribution in [1.82, 2.24) is 24.8 Å². The predicted octanol–water partition coefficient (Wildman–Crippen LogP) is 6.86. The zero-order valence-corrected chi connectivity index (χ0v) is 26.5. The number of carboxylic acid groups (broad SMARTS) is 1. The fourth-order valence-corrected chi connectivity index (χ4v) is 6.48. The lowest BCUT2D eigenvalue weighted by atomic mass is 9.99. The monoisotopic (exact) mass is 657 g/mol. The van der Waals surface area contributed by atoms with E-state index in [0.717, 1.165) is 11.7 Å². The molecule has 1 aliphatic rings. The van der Waals surface area contributed by atoms with E-state index in [1.165, 1.54) is 12.0 Å². The molecule has 234 valence electrons. The Morgan fingerprint density at radius 3 is 2.63 bits per heavy atom. The number of carbonyl (C=O) groups is 3. The Bertz CT molecular complexity index is 2010. The van der Waals surface area contributed by atoms with Gasteiger partial charge in [-0.05, 0) is 30.7 Å². The molecule has 6 rings (SSSR count). The van der Waals surface area contributed by atoms with E-state index in [2.05, 4.69) is 10.3 Å². The number of aryl methyl sites for hydroxylation is 1. The molecular formula is C34H29Cl2N5O5. The second-order valence-electron chi connectivity index (χ2n) is 11.1. The molecule has 46 heavy (non-hydrogen) atoms. The Labute approximate surface area is 274 Å². The number of nitrogens with zero attached hydrogens (tertiary/aromatic N) is 4. The number of carbonyl (C=O) groups excluding carboxylic acids is 2. The van der Waals surface area contributed by atoms with Gasteiger partial charge in [0, 0.05) is 77.2 Å². The molecule has 2 amide bonds. The number of aromatic nitrogens is 3. The van der Waals surface area contributed by atoms with Crippen molar-refractivity contribution >= 4 is 52.5 Å². The average molecular weight is 659 g/mol. The van der Waals surface area contributed by atoms with Crippen LogP contribution in [0.15, 0.2) is 67.0 Å². The van der Waals surface area contributed by atoms with Crippen LogP contribution in [0.2, 0.25) is 10.0 Å². The smallest absolute Gasteiger partial charge is 0.407 e. The highest BCUT2D eigenvalue weighted by molar-refractivity contribution is 6.39. The van der Waals surface area contributed by atoms with E-state index in [4.69, 9.17) is 32.9 Å². The number of benzene rings is 2. The molecule has 1 atom stereocenters. The molecule has 2 aromatic carbocycles. The molecule has 0 saturated carbocycles. The van der Waals surface area contributed by atoms with Crippen LogP contribution in [0.1, 0.15) is 28.8 Å². The normalized spacial score (nSPS) is 14.3. The number of methoxy groups -OCH3 is 1. The van der Waals surface area contributed by atoms with E-state index in [-0.39, 0.29) is 25.0 Å². The van der Waals surface area contributed by atoms with Crippen LogP contribution >= 0.6 is 23.2 Å². The first-order valence-electron chi connectivity index (χ1n) is 14.5. The highest BCUT2D eigenvalue weighted by atomic mass is 35.5. The van der Waals surface area contributed by atoms with E-state index >= 15 is 0 Å². The third kappa shape index (κ3) is 5.89. The van der Waals surface area contributed by atoms with Crippen molar-refractivity contribution in [1.29, 1.82) is 0 Å². The van der Waals surface area contributed by atoms with Crippen LogP contribution in [0, 0.1) is 0 Å². The van der Waals surface area contributed by atoms with E-state index in [0.29, 0.717) is 79.1 Å². The van der Waals surface area contributed by atoms with Gasteiger partial charge >= 0.3 is 6.09 Å². The molecule has 1 saturated heterocycles. The minimum absolute atomic E-state index is 0.0728. The molecule has 12 heteroatoms. The number of pyridine rings is 2. The van der Waals surface area contributed by atoms with Crippen molar-refractivity contribution in [3.05, 3.63) is 88.2 Å². The Balaban J connectivity index is 1.32. The van der Waals surface area contributed by atoms with Crippen molar-refractivity contribution in [2.45, 2.75) is 25.4 Å². The predicted molar refractivity (Wildman–Crippen MR) is 176 cm³/mol.